The Bertz CT molecular complexity index is 565. The summed E-state index contributed by atoms with van der Waals surface area (Å²) in [5.41, 5.74) is 0.260. The predicted molar refractivity (Wildman–Crippen MR) is 50.5 cm³/mol. The van der Waals surface area contributed by atoms with Gasteiger partial charge in [-0.2, -0.15) is 0 Å². The summed E-state index contributed by atoms with van der Waals surface area (Å²) < 4.78 is 1.26. The lowest BCUT2D eigenvalue weighted by Crippen LogP contribution is -2.10. The average molecular weight is 192 g/mol. The smallest absolute Gasteiger partial charge is 0.337 e. The molecule has 0 aliphatic heterocycles. The minimum Gasteiger partial charge on any atom is -0.478 e. The zero-order chi connectivity index (χ0) is 10.3. The van der Waals surface area contributed by atoms with E-state index < -0.39 is 5.97 Å². The number of para-hydroxylation sites is 1. The highest BCUT2D eigenvalue weighted by Gasteiger charge is 2.12. The Kier molecular flexibility index (Phi) is 1.67. The fourth-order valence-corrected chi connectivity index (χ4v) is 1.43. The number of benzene rings is 1. The first kappa shape index (κ1) is 8.55. The van der Waals surface area contributed by atoms with Crippen molar-refractivity contribution < 1.29 is 9.90 Å². The van der Waals surface area contributed by atoms with Gasteiger partial charge in [0.2, 0.25) is 0 Å². The van der Waals surface area contributed by atoms with Crippen LogP contribution in [-0.4, -0.2) is 20.9 Å². The van der Waals surface area contributed by atoms with Crippen LogP contribution in [0.4, 0.5) is 0 Å². The molecule has 1 aromatic heterocycles. The third-order valence-electron chi connectivity index (χ3n) is 2.11. The summed E-state index contributed by atoms with van der Waals surface area (Å²) in [5, 5.41) is 11.9. The van der Waals surface area contributed by atoms with Gasteiger partial charge in [0.1, 0.15) is 0 Å². The zero-order valence-corrected chi connectivity index (χ0v) is 7.44. The highest BCUT2D eigenvalue weighted by Crippen LogP contribution is 2.12. The first-order valence-electron chi connectivity index (χ1n) is 4.02. The van der Waals surface area contributed by atoms with E-state index in [9.17, 15) is 9.59 Å². The monoisotopic (exact) mass is 192 g/mol. The number of aryl methyl sites for hydroxylation is 1. The number of carboxylic acids is 1. The molecule has 0 atom stereocenters. The molecule has 5 heteroatoms. The number of carbonyl (C=O) groups is 1. The molecule has 0 amide bonds. The first-order chi connectivity index (χ1) is 6.61. The highest BCUT2D eigenvalue weighted by atomic mass is 16.4. The van der Waals surface area contributed by atoms with E-state index in [1.54, 1.807) is 19.2 Å². The Balaban J connectivity index is 2.95. The number of rotatable bonds is 1. The zero-order valence-electron chi connectivity index (χ0n) is 7.44. The second-order valence-electron chi connectivity index (χ2n) is 3.01. The summed E-state index contributed by atoms with van der Waals surface area (Å²) in [6, 6.07) is 4.61. The number of carboxylic acid groups (broad SMARTS) is 1. The van der Waals surface area contributed by atoms with Crippen LogP contribution in [0.1, 0.15) is 10.4 Å². The third kappa shape index (κ3) is 1.02. The van der Waals surface area contributed by atoms with E-state index in [1.165, 1.54) is 10.7 Å². The van der Waals surface area contributed by atoms with Gasteiger partial charge in [-0.15, -0.1) is 0 Å². The van der Waals surface area contributed by atoms with E-state index in [1.807, 2.05) is 0 Å². The van der Waals surface area contributed by atoms with Crippen molar-refractivity contribution in [2.75, 3.05) is 0 Å². The lowest BCUT2D eigenvalue weighted by atomic mass is 10.1. The molecule has 0 saturated heterocycles. The van der Waals surface area contributed by atoms with Crippen molar-refractivity contribution in [3.63, 3.8) is 0 Å². The maximum Gasteiger partial charge on any atom is 0.337 e. The second kappa shape index (κ2) is 2.73. The van der Waals surface area contributed by atoms with Crippen molar-refractivity contribution in [2.45, 2.75) is 0 Å². The molecular formula is C9H8N2O3. The number of nitrogens with zero attached hydrogens (tertiary/aromatic N) is 1. The molecule has 0 saturated carbocycles. The van der Waals surface area contributed by atoms with Crippen molar-refractivity contribution in [3.8, 4) is 0 Å². The number of hydrogen-bond donors (Lipinski definition) is 2. The summed E-state index contributed by atoms with van der Waals surface area (Å²) in [4.78, 5) is 22.2. The number of aromatic amines is 1. The molecule has 0 spiro atoms. The van der Waals surface area contributed by atoms with Crippen LogP contribution in [0.3, 0.4) is 0 Å². The minimum absolute atomic E-state index is 0.111. The van der Waals surface area contributed by atoms with Crippen molar-refractivity contribution in [1.29, 1.82) is 0 Å². The van der Waals surface area contributed by atoms with E-state index in [0.717, 1.165) is 0 Å². The van der Waals surface area contributed by atoms with Gasteiger partial charge in [0, 0.05) is 7.05 Å². The van der Waals surface area contributed by atoms with Gasteiger partial charge in [-0.25, -0.2) is 4.79 Å². The Morgan fingerprint density at radius 3 is 2.86 bits per heavy atom. The molecule has 0 radical (unpaired) electrons. The van der Waals surface area contributed by atoms with Crippen LogP contribution < -0.4 is 5.56 Å². The SMILES string of the molecule is Cn1[nH]c2c(C(=O)O)cccc2c1=O. The molecule has 1 aromatic carbocycles. The molecule has 0 bridgehead atoms. The normalized spacial score (nSPS) is 10.6. The van der Waals surface area contributed by atoms with E-state index in [4.69, 9.17) is 5.11 Å². The number of H-pyrrole nitrogens is 1. The Labute approximate surface area is 78.6 Å². The molecule has 2 rings (SSSR count). The fraction of sp³-hybridized carbons (Fsp3) is 0.111. The lowest BCUT2D eigenvalue weighted by molar-refractivity contribution is 0.0699. The number of aromatic carboxylic acids is 1. The van der Waals surface area contributed by atoms with Gasteiger partial charge in [0.25, 0.3) is 5.56 Å². The van der Waals surface area contributed by atoms with Gasteiger partial charge in [-0.3, -0.25) is 14.6 Å². The van der Waals surface area contributed by atoms with Crippen molar-refractivity contribution in [1.82, 2.24) is 9.78 Å². The summed E-state index contributed by atoms with van der Waals surface area (Å²) >= 11 is 0. The topological polar surface area (TPSA) is 75.1 Å². The van der Waals surface area contributed by atoms with Crippen LogP contribution in [0.5, 0.6) is 0 Å². The summed E-state index contributed by atoms with van der Waals surface area (Å²) in [6.45, 7) is 0. The summed E-state index contributed by atoms with van der Waals surface area (Å²) in [6.07, 6.45) is 0. The lowest BCUT2D eigenvalue weighted by Gasteiger charge is -1.94. The molecule has 0 unspecified atom stereocenters. The largest absolute Gasteiger partial charge is 0.478 e. The van der Waals surface area contributed by atoms with Gasteiger partial charge in [-0.05, 0) is 12.1 Å². The Morgan fingerprint density at radius 2 is 2.21 bits per heavy atom. The maximum atomic E-state index is 11.4. The van der Waals surface area contributed by atoms with E-state index >= 15 is 0 Å². The number of aromatic nitrogens is 2. The van der Waals surface area contributed by atoms with Gasteiger partial charge >= 0.3 is 5.97 Å². The standard InChI is InChI=1S/C9H8N2O3/c1-11-8(12)5-3-2-4-6(9(13)14)7(5)10-11/h2-4,10H,1H3,(H,13,14). The van der Waals surface area contributed by atoms with Crippen molar-refractivity contribution in [3.05, 3.63) is 34.1 Å². The highest BCUT2D eigenvalue weighted by molar-refractivity contribution is 6.01. The number of fused-ring (bicyclic) bond motifs is 1. The molecule has 2 aromatic rings. The molecule has 5 nitrogen and oxygen atoms in total. The molecule has 72 valence electrons. The minimum atomic E-state index is -1.04. The van der Waals surface area contributed by atoms with Gasteiger partial charge in [-0.1, -0.05) is 6.07 Å². The Morgan fingerprint density at radius 1 is 1.50 bits per heavy atom. The second-order valence-corrected chi connectivity index (χ2v) is 3.01. The van der Waals surface area contributed by atoms with Crippen LogP contribution in [0.15, 0.2) is 23.0 Å². The first-order valence-corrected chi connectivity index (χ1v) is 4.02. The Hall–Kier alpha value is -2.04. The fourth-order valence-electron chi connectivity index (χ4n) is 1.43. The predicted octanol–water partition coefficient (Wildman–Crippen LogP) is 0.565. The van der Waals surface area contributed by atoms with Crippen LogP contribution in [0, 0.1) is 0 Å². The molecule has 2 N–H and O–H groups in total. The summed E-state index contributed by atoms with van der Waals surface area (Å²) in [5.74, 6) is -1.04. The molecule has 0 aliphatic rings. The van der Waals surface area contributed by atoms with Crippen LogP contribution in [-0.2, 0) is 7.05 Å². The maximum absolute atomic E-state index is 11.4. The van der Waals surface area contributed by atoms with Crippen molar-refractivity contribution in [2.24, 2.45) is 7.05 Å². The van der Waals surface area contributed by atoms with Gasteiger partial charge in [0.15, 0.2) is 0 Å². The summed E-state index contributed by atoms with van der Waals surface area (Å²) in [7, 11) is 1.55. The molecule has 0 aliphatic carbocycles. The van der Waals surface area contributed by atoms with Crippen LogP contribution in [0.2, 0.25) is 0 Å². The molecule has 1 heterocycles. The molecule has 14 heavy (non-hydrogen) atoms. The van der Waals surface area contributed by atoms with E-state index in [0.29, 0.717) is 10.9 Å². The average Bonchev–Trinajstić information content (AvgIpc) is 2.43. The third-order valence-corrected chi connectivity index (χ3v) is 2.11. The van der Waals surface area contributed by atoms with E-state index in [2.05, 4.69) is 5.10 Å². The molecule has 0 fully saturated rings. The van der Waals surface area contributed by atoms with Gasteiger partial charge < -0.3 is 5.11 Å². The van der Waals surface area contributed by atoms with Gasteiger partial charge in [0.05, 0.1) is 16.5 Å². The van der Waals surface area contributed by atoms with Crippen molar-refractivity contribution >= 4 is 16.9 Å². The number of hydrogen-bond acceptors (Lipinski definition) is 2. The van der Waals surface area contributed by atoms with E-state index in [-0.39, 0.29) is 11.1 Å². The molecular weight excluding hydrogens is 184 g/mol. The number of nitrogens with one attached hydrogen (secondary N) is 1. The van der Waals surface area contributed by atoms with Crippen LogP contribution in [0.25, 0.3) is 10.9 Å². The van der Waals surface area contributed by atoms with Crippen LogP contribution >= 0.6 is 0 Å². The quantitative estimate of drug-likeness (QED) is 0.693.